The number of benzene rings is 1. The number of hydrogen-bond donors (Lipinski definition) is 0. The van der Waals surface area contributed by atoms with Gasteiger partial charge in [0.05, 0.1) is 5.56 Å². The van der Waals surface area contributed by atoms with E-state index in [1.54, 1.807) is 28.5 Å². The van der Waals surface area contributed by atoms with Crippen LogP contribution in [0.25, 0.3) is 10.3 Å². The first-order valence-electron chi connectivity index (χ1n) is 7.82. The van der Waals surface area contributed by atoms with Gasteiger partial charge in [0.25, 0.3) is 5.91 Å². The second-order valence-electron chi connectivity index (χ2n) is 5.73. The van der Waals surface area contributed by atoms with Gasteiger partial charge in [0.2, 0.25) is 0 Å². The van der Waals surface area contributed by atoms with Crippen molar-refractivity contribution in [3.8, 4) is 0 Å². The molecule has 2 aromatic heterocycles. The second kappa shape index (κ2) is 6.68. The molecule has 3 heterocycles. The summed E-state index contributed by atoms with van der Waals surface area (Å²) in [4.78, 5) is 26.2. The molecule has 4 rings (SSSR count). The lowest BCUT2D eigenvalue weighted by molar-refractivity contribution is 0.0742. The average molecular weight is 421 g/mol. The van der Waals surface area contributed by atoms with Gasteiger partial charge in [-0.25, -0.2) is 14.4 Å². The minimum atomic E-state index is -0.493. The standard InChI is InChI=1S/C17H14BrFN4OS/c18-11-3-4-13(19)12(10-11)16(24)22-6-8-23(9-7-22)17-21-14-2-1-5-20-15(14)25-17/h1-5,10H,6-9H2. The van der Waals surface area contributed by atoms with E-state index < -0.39 is 5.82 Å². The van der Waals surface area contributed by atoms with Crippen molar-refractivity contribution in [1.82, 2.24) is 14.9 Å². The van der Waals surface area contributed by atoms with E-state index in [2.05, 4.69) is 30.8 Å². The van der Waals surface area contributed by atoms with Gasteiger partial charge >= 0.3 is 0 Å². The molecule has 1 aromatic carbocycles. The Balaban J connectivity index is 1.47. The fourth-order valence-electron chi connectivity index (χ4n) is 2.83. The molecule has 25 heavy (non-hydrogen) atoms. The van der Waals surface area contributed by atoms with Crippen LogP contribution in [0.1, 0.15) is 10.4 Å². The average Bonchev–Trinajstić information content (AvgIpc) is 3.07. The normalized spacial score (nSPS) is 15.0. The Morgan fingerprint density at radius 2 is 2.00 bits per heavy atom. The van der Waals surface area contributed by atoms with E-state index >= 15 is 0 Å². The first-order valence-corrected chi connectivity index (χ1v) is 9.43. The molecule has 5 nitrogen and oxygen atoms in total. The smallest absolute Gasteiger partial charge is 0.256 e. The number of carbonyl (C=O) groups excluding carboxylic acids is 1. The Labute approximate surface area is 156 Å². The maximum Gasteiger partial charge on any atom is 0.256 e. The summed E-state index contributed by atoms with van der Waals surface area (Å²) in [6, 6.07) is 8.24. The van der Waals surface area contributed by atoms with Crippen molar-refractivity contribution in [2.75, 3.05) is 31.1 Å². The maximum absolute atomic E-state index is 13.9. The van der Waals surface area contributed by atoms with Crippen molar-refractivity contribution >= 4 is 48.7 Å². The predicted octanol–water partition coefficient (Wildman–Crippen LogP) is 3.56. The molecular weight excluding hydrogens is 407 g/mol. The van der Waals surface area contributed by atoms with Crippen molar-refractivity contribution in [2.45, 2.75) is 0 Å². The molecular formula is C17H14BrFN4OS. The Morgan fingerprint density at radius 1 is 1.20 bits per heavy atom. The highest BCUT2D eigenvalue weighted by Gasteiger charge is 2.25. The molecule has 1 fully saturated rings. The molecule has 0 unspecified atom stereocenters. The third kappa shape index (κ3) is 3.23. The van der Waals surface area contributed by atoms with Crippen molar-refractivity contribution < 1.29 is 9.18 Å². The summed E-state index contributed by atoms with van der Waals surface area (Å²) in [5.41, 5.74) is 0.990. The zero-order chi connectivity index (χ0) is 17.4. The van der Waals surface area contributed by atoms with Gasteiger partial charge in [-0.3, -0.25) is 4.79 Å². The van der Waals surface area contributed by atoms with Crippen molar-refractivity contribution in [1.29, 1.82) is 0 Å². The lowest BCUT2D eigenvalue weighted by atomic mass is 10.1. The molecule has 0 spiro atoms. The summed E-state index contributed by atoms with van der Waals surface area (Å²) in [5, 5.41) is 0.912. The van der Waals surface area contributed by atoms with Gasteiger partial charge in [0.1, 0.15) is 16.2 Å². The molecule has 128 valence electrons. The maximum atomic E-state index is 13.9. The number of rotatable bonds is 2. The molecule has 0 N–H and O–H groups in total. The van der Waals surface area contributed by atoms with Gasteiger partial charge < -0.3 is 9.80 Å². The number of fused-ring (bicyclic) bond motifs is 1. The lowest BCUT2D eigenvalue weighted by Gasteiger charge is -2.34. The van der Waals surface area contributed by atoms with E-state index in [9.17, 15) is 9.18 Å². The first-order chi connectivity index (χ1) is 12.1. The molecule has 1 aliphatic heterocycles. The third-order valence-electron chi connectivity index (χ3n) is 4.15. The highest BCUT2D eigenvalue weighted by Crippen LogP contribution is 2.28. The molecule has 3 aromatic rings. The number of hydrogen-bond acceptors (Lipinski definition) is 5. The molecule has 8 heteroatoms. The van der Waals surface area contributed by atoms with Crippen LogP contribution in [0.5, 0.6) is 0 Å². The van der Waals surface area contributed by atoms with Gasteiger partial charge in [0, 0.05) is 36.8 Å². The Bertz CT molecular complexity index is 906. The highest BCUT2D eigenvalue weighted by atomic mass is 79.9. The van der Waals surface area contributed by atoms with Gasteiger partial charge in [-0.05, 0) is 30.3 Å². The lowest BCUT2D eigenvalue weighted by Crippen LogP contribution is -2.49. The molecule has 0 radical (unpaired) electrons. The van der Waals surface area contributed by atoms with Crippen LogP contribution in [0, 0.1) is 5.82 Å². The molecule has 1 saturated heterocycles. The number of carbonyl (C=O) groups is 1. The fourth-order valence-corrected chi connectivity index (χ4v) is 4.15. The van der Waals surface area contributed by atoms with Crippen molar-refractivity contribution in [3.63, 3.8) is 0 Å². The van der Waals surface area contributed by atoms with Gasteiger partial charge in [0.15, 0.2) is 5.13 Å². The molecule has 0 bridgehead atoms. The van der Waals surface area contributed by atoms with Crippen LogP contribution in [0.15, 0.2) is 41.0 Å². The van der Waals surface area contributed by atoms with Gasteiger partial charge in [-0.2, -0.15) is 0 Å². The number of halogens is 2. The van der Waals surface area contributed by atoms with E-state index in [-0.39, 0.29) is 11.5 Å². The summed E-state index contributed by atoms with van der Waals surface area (Å²) in [6.45, 7) is 2.41. The minimum Gasteiger partial charge on any atom is -0.344 e. The van der Waals surface area contributed by atoms with E-state index in [1.807, 2.05) is 12.1 Å². The summed E-state index contributed by atoms with van der Waals surface area (Å²) >= 11 is 4.84. The van der Waals surface area contributed by atoms with Crippen LogP contribution < -0.4 is 4.90 Å². The van der Waals surface area contributed by atoms with Crippen LogP contribution in [-0.2, 0) is 0 Å². The third-order valence-corrected chi connectivity index (χ3v) is 5.68. The predicted molar refractivity (Wildman–Crippen MR) is 99.6 cm³/mol. The molecule has 1 aliphatic rings. The minimum absolute atomic E-state index is 0.104. The van der Waals surface area contributed by atoms with E-state index in [0.29, 0.717) is 30.7 Å². The van der Waals surface area contributed by atoms with E-state index in [1.165, 1.54) is 12.1 Å². The monoisotopic (exact) mass is 420 g/mol. The van der Waals surface area contributed by atoms with Crippen molar-refractivity contribution in [3.05, 3.63) is 52.4 Å². The van der Waals surface area contributed by atoms with E-state index in [0.717, 1.165) is 15.5 Å². The fraction of sp³-hybridized carbons (Fsp3) is 0.235. The van der Waals surface area contributed by atoms with Crippen LogP contribution in [0.3, 0.4) is 0 Å². The van der Waals surface area contributed by atoms with Crippen LogP contribution in [-0.4, -0.2) is 47.0 Å². The summed E-state index contributed by atoms with van der Waals surface area (Å²) < 4.78 is 14.6. The summed E-state index contributed by atoms with van der Waals surface area (Å²) in [7, 11) is 0. The number of pyridine rings is 1. The van der Waals surface area contributed by atoms with E-state index in [4.69, 9.17) is 0 Å². The molecule has 0 atom stereocenters. The number of thiazole rings is 1. The summed E-state index contributed by atoms with van der Waals surface area (Å²) in [6.07, 6.45) is 1.76. The van der Waals surface area contributed by atoms with Gasteiger partial charge in [-0.15, -0.1) is 0 Å². The van der Waals surface area contributed by atoms with Crippen molar-refractivity contribution in [2.24, 2.45) is 0 Å². The van der Waals surface area contributed by atoms with Crippen LogP contribution >= 0.6 is 27.3 Å². The number of nitrogens with zero attached hydrogens (tertiary/aromatic N) is 4. The Morgan fingerprint density at radius 3 is 2.76 bits per heavy atom. The second-order valence-corrected chi connectivity index (χ2v) is 7.60. The summed E-state index contributed by atoms with van der Waals surface area (Å²) in [5.74, 6) is -0.766. The van der Waals surface area contributed by atoms with Gasteiger partial charge in [-0.1, -0.05) is 27.3 Å². The SMILES string of the molecule is O=C(c1cc(Br)ccc1F)N1CCN(c2nc3cccnc3s2)CC1. The quantitative estimate of drug-likeness (QED) is 0.635. The molecule has 1 amide bonds. The zero-order valence-electron chi connectivity index (χ0n) is 13.2. The Hall–Kier alpha value is -2.06. The first kappa shape index (κ1) is 16.4. The topological polar surface area (TPSA) is 49.3 Å². The van der Waals surface area contributed by atoms with Crippen LogP contribution in [0.4, 0.5) is 9.52 Å². The Kier molecular flexibility index (Phi) is 4.39. The molecule has 0 aliphatic carbocycles. The highest BCUT2D eigenvalue weighted by molar-refractivity contribution is 9.10. The number of piperazine rings is 1. The number of amides is 1. The number of anilines is 1. The molecule has 0 saturated carbocycles. The zero-order valence-corrected chi connectivity index (χ0v) is 15.6. The van der Waals surface area contributed by atoms with Crippen LogP contribution in [0.2, 0.25) is 0 Å². The number of aromatic nitrogens is 2. The largest absolute Gasteiger partial charge is 0.344 e.